The third kappa shape index (κ3) is 2.86. The Labute approximate surface area is 138 Å². The van der Waals surface area contributed by atoms with Crippen LogP contribution in [0.4, 0.5) is 0 Å². The van der Waals surface area contributed by atoms with Gasteiger partial charge in [0.05, 0.1) is 30.4 Å². The Morgan fingerprint density at radius 2 is 2.30 bits per heavy atom. The lowest BCUT2D eigenvalue weighted by atomic mass is 10.1. The Morgan fingerprint density at radius 1 is 1.35 bits per heavy atom. The van der Waals surface area contributed by atoms with Crippen molar-refractivity contribution in [2.45, 2.75) is 23.8 Å². The molecule has 0 amide bonds. The van der Waals surface area contributed by atoms with Crippen LogP contribution < -0.4 is 9.47 Å². The highest BCUT2D eigenvalue weighted by molar-refractivity contribution is 7.98. The summed E-state index contributed by atoms with van der Waals surface area (Å²) < 4.78 is 10.9. The van der Waals surface area contributed by atoms with E-state index in [-0.39, 0.29) is 0 Å². The van der Waals surface area contributed by atoms with E-state index in [0.29, 0.717) is 0 Å². The number of rotatable bonds is 4. The molecule has 5 nitrogen and oxygen atoms in total. The van der Waals surface area contributed by atoms with E-state index in [4.69, 9.17) is 9.47 Å². The molecule has 1 aliphatic heterocycles. The smallest absolute Gasteiger partial charge is 0.166 e. The minimum atomic E-state index is 0.781. The van der Waals surface area contributed by atoms with E-state index in [2.05, 4.69) is 15.0 Å². The van der Waals surface area contributed by atoms with Crippen molar-refractivity contribution in [2.75, 3.05) is 13.7 Å². The number of hydrogen-bond donors (Lipinski definition) is 1. The van der Waals surface area contributed by atoms with Gasteiger partial charge in [0, 0.05) is 23.6 Å². The molecule has 0 radical (unpaired) electrons. The summed E-state index contributed by atoms with van der Waals surface area (Å²) in [6.45, 7) is 0.801. The van der Waals surface area contributed by atoms with Gasteiger partial charge in [0.15, 0.2) is 5.16 Å². The molecular weight excluding hydrogens is 310 g/mol. The lowest BCUT2D eigenvalue weighted by Gasteiger charge is -2.18. The van der Waals surface area contributed by atoms with Gasteiger partial charge in [-0.05, 0) is 31.0 Å². The van der Waals surface area contributed by atoms with Crippen LogP contribution in [0.5, 0.6) is 11.5 Å². The number of nitrogens with one attached hydrogen (secondary N) is 1. The van der Waals surface area contributed by atoms with E-state index in [0.717, 1.165) is 58.6 Å². The number of methoxy groups -OCH3 is 1. The number of H-pyrrole nitrogens is 1. The van der Waals surface area contributed by atoms with E-state index in [1.54, 1.807) is 18.9 Å². The maximum Gasteiger partial charge on any atom is 0.166 e. The maximum atomic E-state index is 5.70. The van der Waals surface area contributed by atoms with Gasteiger partial charge in [-0.25, -0.2) is 4.98 Å². The molecule has 0 aliphatic carbocycles. The Balaban J connectivity index is 1.55. The Bertz CT molecular complexity index is 847. The number of benzene rings is 1. The van der Waals surface area contributed by atoms with Crippen molar-refractivity contribution in [3.05, 3.63) is 41.7 Å². The van der Waals surface area contributed by atoms with Crippen LogP contribution >= 0.6 is 11.8 Å². The maximum absolute atomic E-state index is 5.70. The zero-order chi connectivity index (χ0) is 15.6. The molecule has 1 N–H and O–H groups in total. The SMILES string of the molecule is COc1ccc2[nH]c(SCc3nccc4c3CCCO4)nc2c1. The molecule has 1 aromatic carbocycles. The minimum Gasteiger partial charge on any atom is -0.497 e. The van der Waals surface area contributed by atoms with E-state index < -0.39 is 0 Å². The first-order valence-corrected chi connectivity index (χ1v) is 8.58. The fourth-order valence-corrected chi connectivity index (χ4v) is 3.64. The van der Waals surface area contributed by atoms with Gasteiger partial charge >= 0.3 is 0 Å². The van der Waals surface area contributed by atoms with E-state index in [9.17, 15) is 0 Å². The second kappa shape index (κ2) is 6.12. The molecule has 3 aromatic rings. The van der Waals surface area contributed by atoms with Crippen LogP contribution in [0.15, 0.2) is 35.6 Å². The quantitative estimate of drug-likeness (QED) is 0.742. The first-order chi connectivity index (χ1) is 11.3. The zero-order valence-electron chi connectivity index (χ0n) is 12.8. The highest BCUT2D eigenvalue weighted by atomic mass is 32.2. The second-order valence-electron chi connectivity index (χ2n) is 5.40. The summed E-state index contributed by atoms with van der Waals surface area (Å²) in [5.74, 6) is 2.58. The molecule has 6 heteroatoms. The third-order valence-electron chi connectivity index (χ3n) is 3.94. The van der Waals surface area contributed by atoms with Crippen molar-refractivity contribution in [3.8, 4) is 11.5 Å². The summed E-state index contributed by atoms with van der Waals surface area (Å²) in [6.07, 6.45) is 3.92. The number of aromatic amines is 1. The third-order valence-corrected chi connectivity index (χ3v) is 4.83. The van der Waals surface area contributed by atoms with Crippen molar-refractivity contribution >= 4 is 22.8 Å². The molecule has 0 unspecified atom stereocenters. The largest absolute Gasteiger partial charge is 0.497 e. The molecule has 0 bridgehead atoms. The van der Waals surface area contributed by atoms with Crippen molar-refractivity contribution < 1.29 is 9.47 Å². The second-order valence-corrected chi connectivity index (χ2v) is 6.36. The van der Waals surface area contributed by atoms with E-state index in [1.807, 2.05) is 30.5 Å². The van der Waals surface area contributed by atoms with Gasteiger partial charge in [-0.1, -0.05) is 11.8 Å². The predicted molar refractivity (Wildman–Crippen MR) is 90.3 cm³/mol. The molecular formula is C17H17N3O2S. The zero-order valence-corrected chi connectivity index (χ0v) is 13.7. The summed E-state index contributed by atoms with van der Waals surface area (Å²) in [4.78, 5) is 12.5. The summed E-state index contributed by atoms with van der Waals surface area (Å²) in [7, 11) is 1.66. The number of ether oxygens (including phenoxy) is 2. The predicted octanol–water partition coefficient (Wildman–Crippen LogP) is 3.58. The van der Waals surface area contributed by atoms with Crippen molar-refractivity contribution in [2.24, 2.45) is 0 Å². The van der Waals surface area contributed by atoms with Gasteiger partial charge in [-0.15, -0.1) is 0 Å². The average Bonchev–Trinajstić information content (AvgIpc) is 3.01. The summed E-state index contributed by atoms with van der Waals surface area (Å²) >= 11 is 1.66. The molecule has 3 heterocycles. The highest BCUT2D eigenvalue weighted by Gasteiger charge is 2.16. The van der Waals surface area contributed by atoms with Crippen LogP contribution in [-0.4, -0.2) is 28.7 Å². The topological polar surface area (TPSA) is 60.0 Å². The van der Waals surface area contributed by atoms with Gasteiger partial charge in [0.25, 0.3) is 0 Å². The van der Waals surface area contributed by atoms with Crippen LogP contribution in [0.2, 0.25) is 0 Å². The number of imidazole rings is 1. The van der Waals surface area contributed by atoms with Gasteiger partial charge in [0.1, 0.15) is 11.5 Å². The van der Waals surface area contributed by atoms with Crippen LogP contribution in [0.25, 0.3) is 11.0 Å². The van der Waals surface area contributed by atoms with Crippen LogP contribution in [0, 0.1) is 0 Å². The normalized spacial score (nSPS) is 13.6. The van der Waals surface area contributed by atoms with Crippen molar-refractivity contribution in [1.29, 1.82) is 0 Å². The van der Waals surface area contributed by atoms with Crippen LogP contribution in [-0.2, 0) is 12.2 Å². The molecule has 0 saturated heterocycles. The van der Waals surface area contributed by atoms with Gasteiger partial charge in [0.2, 0.25) is 0 Å². The molecule has 23 heavy (non-hydrogen) atoms. The number of hydrogen-bond acceptors (Lipinski definition) is 5. The molecule has 2 aromatic heterocycles. The average molecular weight is 327 g/mol. The van der Waals surface area contributed by atoms with Gasteiger partial charge < -0.3 is 14.5 Å². The molecule has 0 spiro atoms. The van der Waals surface area contributed by atoms with Gasteiger partial charge in [-0.3, -0.25) is 4.98 Å². The molecule has 4 rings (SSSR count). The molecule has 118 valence electrons. The van der Waals surface area contributed by atoms with Crippen molar-refractivity contribution in [1.82, 2.24) is 15.0 Å². The van der Waals surface area contributed by atoms with Crippen molar-refractivity contribution in [3.63, 3.8) is 0 Å². The summed E-state index contributed by atoms with van der Waals surface area (Å²) in [5, 5.41) is 0.893. The first-order valence-electron chi connectivity index (χ1n) is 7.59. The van der Waals surface area contributed by atoms with Gasteiger partial charge in [-0.2, -0.15) is 0 Å². The summed E-state index contributed by atoms with van der Waals surface area (Å²) in [6, 6.07) is 7.81. The monoisotopic (exact) mass is 327 g/mol. The lowest BCUT2D eigenvalue weighted by Crippen LogP contribution is -2.11. The number of thioether (sulfide) groups is 1. The van der Waals surface area contributed by atoms with E-state index >= 15 is 0 Å². The highest BCUT2D eigenvalue weighted by Crippen LogP contribution is 2.30. The fraction of sp³-hybridized carbons (Fsp3) is 0.294. The van der Waals surface area contributed by atoms with Crippen LogP contribution in [0.1, 0.15) is 17.7 Å². The van der Waals surface area contributed by atoms with E-state index in [1.165, 1.54) is 5.56 Å². The standard InChI is InChI=1S/C17H17N3O2S/c1-21-11-4-5-13-14(9-11)20-17(19-13)23-10-15-12-3-2-8-22-16(12)6-7-18-15/h4-7,9H,2-3,8,10H2,1H3,(H,19,20). The fourth-order valence-electron chi connectivity index (χ4n) is 2.77. The number of pyridine rings is 1. The lowest BCUT2D eigenvalue weighted by molar-refractivity contribution is 0.287. The number of nitrogens with zero attached hydrogens (tertiary/aromatic N) is 2. The Hall–Kier alpha value is -2.21. The molecule has 0 fully saturated rings. The first kappa shape index (κ1) is 14.4. The number of fused-ring (bicyclic) bond motifs is 2. The van der Waals surface area contributed by atoms with Crippen LogP contribution in [0.3, 0.4) is 0 Å². The number of aromatic nitrogens is 3. The molecule has 0 saturated carbocycles. The Morgan fingerprint density at radius 3 is 3.22 bits per heavy atom. The minimum absolute atomic E-state index is 0.781. The molecule has 1 aliphatic rings. The Kier molecular flexibility index (Phi) is 3.83. The molecule has 0 atom stereocenters. The summed E-state index contributed by atoms with van der Waals surface area (Å²) in [5.41, 5.74) is 4.26.